The molecule has 3 rings (SSSR count). The smallest absolute Gasteiger partial charge is 0.251 e. The highest BCUT2D eigenvalue weighted by Gasteiger charge is 2.15. The zero-order valence-corrected chi connectivity index (χ0v) is 10.9. The maximum atomic E-state index is 11.9. The van der Waals surface area contributed by atoms with Gasteiger partial charge < -0.3 is 14.8 Å². The number of ether oxygens (including phenoxy) is 2. The summed E-state index contributed by atoms with van der Waals surface area (Å²) in [5.74, 6) is 1.18. The van der Waals surface area contributed by atoms with Gasteiger partial charge in [0.25, 0.3) is 5.91 Å². The lowest BCUT2D eigenvalue weighted by molar-refractivity contribution is 0.0953. The fraction of sp³-hybridized carbons (Fsp3) is 0.231. The molecule has 0 bridgehead atoms. The van der Waals surface area contributed by atoms with Crippen molar-refractivity contribution in [2.24, 2.45) is 0 Å². The second kappa shape index (κ2) is 5.27. The molecule has 1 aromatic heterocycles. The number of carbonyl (C=O) groups is 1. The molecule has 0 atom stereocenters. The molecule has 1 aliphatic heterocycles. The van der Waals surface area contributed by atoms with Crippen LogP contribution in [0.1, 0.15) is 15.4 Å². The normalized spacial score (nSPS) is 12.4. The van der Waals surface area contributed by atoms with Crippen molar-refractivity contribution in [3.05, 3.63) is 40.3 Å². The maximum absolute atomic E-state index is 11.9. The van der Waals surface area contributed by atoms with E-state index in [1.54, 1.807) is 35.7 Å². The van der Waals surface area contributed by atoms with E-state index in [2.05, 4.69) is 10.3 Å². The average molecular weight is 276 g/mol. The lowest BCUT2D eigenvalue weighted by atomic mass is 10.2. The summed E-state index contributed by atoms with van der Waals surface area (Å²) >= 11 is 1.59. The van der Waals surface area contributed by atoms with E-state index in [1.807, 2.05) is 5.38 Å². The monoisotopic (exact) mass is 276 g/mol. The van der Waals surface area contributed by atoms with Crippen LogP contribution < -0.4 is 14.8 Å². The second-order valence-corrected chi connectivity index (χ2v) is 4.98. The average Bonchev–Trinajstić information content (AvgIpc) is 3.08. The van der Waals surface area contributed by atoms with Crippen LogP contribution in [-0.2, 0) is 6.42 Å². The minimum Gasteiger partial charge on any atom is -0.454 e. The largest absolute Gasteiger partial charge is 0.454 e. The number of nitrogens with one attached hydrogen (secondary N) is 1. The van der Waals surface area contributed by atoms with Crippen molar-refractivity contribution in [2.75, 3.05) is 13.3 Å². The summed E-state index contributed by atoms with van der Waals surface area (Å²) < 4.78 is 10.4. The summed E-state index contributed by atoms with van der Waals surface area (Å²) in [6, 6.07) is 5.17. The zero-order valence-electron chi connectivity index (χ0n) is 10.1. The van der Waals surface area contributed by atoms with Gasteiger partial charge >= 0.3 is 0 Å². The Kier molecular flexibility index (Phi) is 3.33. The Labute approximate surface area is 114 Å². The third-order valence-corrected chi connectivity index (χ3v) is 3.58. The first-order valence-electron chi connectivity index (χ1n) is 5.89. The van der Waals surface area contributed by atoms with Crippen molar-refractivity contribution >= 4 is 17.2 Å². The fourth-order valence-electron chi connectivity index (χ4n) is 1.80. The van der Waals surface area contributed by atoms with Crippen LogP contribution in [0.2, 0.25) is 0 Å². The van der Waals surface area contributed by atoms with Crippen molar-refractivity contribution in [3.63, 3.8) is 0 Å². The van der Waals surface area contributed by atoms with Crippen LogP contribution in [0.4, 0.5) is 0 Å². The summed E-state index contributed by atoms with van der Waals surface area (Å²) in [5, 5.41) is 5.80. The number of aromatic nitrogens is 1. The summed E-state index contributed by atoms with van der Waals surface area (Å²) in [6.07, 6.45) is 2.51. The Balaban J connectivity index is 1.58. The van der Waals surface area contributed by atoms with Gasteiger partial charge in [-0.05, 0) is 18.2 Å². The van der Waals surface area contributed by atoms with Gasteiger partial charge in [0.2, 0.25) is 6.79 Å². The molecule has 1 aliphatic rings. The number of hydrogen-bond acceptors (Lipinski definition) is 5. The molecular weight excluding hydrogens is 264 g/mol. The summed E-state index contributed by atoms with van der Waals surface area (Å²) in [5.41, 5.74) is 0.573. The molecule has 5 nitrogen and oxygen atoms in total. The highest BCUT2D eigenvalue weighted by Crippen LogP contribution is 2.32. The summed E-state index contributed by atoms with van der Waals surface area (Å²) in [6.45, 7) is 0.783. The first kappa shape index (κ1) is 12.0. The highest BCUT2D eigenvalue weighted by atomic mass is 32.1. The van der Waals surface area contributed by atoms with E-state index >= 15 is 0 Å². The predicted octanol–water partition coefficient (Wildman–Crippen LogP) is 1.84. The van der Waals surface area contributed by atoms with Crippen molar-refractivity contribution in [3.8, 4) is 11.5 Å². The number of amides is 1. The van der Waals surface area contributed by atoms with E-state index in [4.69, 9.17) is 9.47 Å². The zero-order chi connectivity index (χ0) is 13.1. The molecule has 2 aromatic rings. The van der Waals surface area contributed by atoms with E-state index in [0.29, 0.717) is 23.6 Å². The summed E-state index contributed by atoms with van der Waals surface area (Å²) in [7, 11) is 0. The van der Waals surface area contributed by atoms with Crippen LogP contribution in [0.5, 0.6) is 11.5 Å². The van der Waals surface area contributed by atoms with E-state index in [1.165, 1.54) is 0 Å². The van der Waals surface area contributed by atoms with Gasteiger partial charge in [-0.1, -0.05) is 0 Å². The molecule has 1 aromatic carbocycles. The number of fused-ring (bicyclic) bond motifs is 1. The molecule has 1 N–H and O–H groups in total. The molecule has 0 fully saturated rings. The number of carbonyl (C=O) groups excluding carboxylic acids is 1. The standard InChI is InChI=1S/C13H12N2O3S/c16-13(15-4-3-12-14-5-6-19-12)9-1-2-10-11(7-9)18-8-17-10/h1-2,5-7H,3-4,8H2,(H,15,16). The number of thiazole rings is 1. The molecule has 19 heavy (non-hydrogen) atoms. The predicted molar refractivity (Wildman–Crippen MR) is 70.7 cm³/mol. The molecule has 2 heterocycles. The molecule has 0 aliphatic carbocycles. The Morgan fingerprint density at radius 2 is 2.26 bits per heavy atom. The topological polar surface area (TPSA) is 60.5 Å². The minimum atomic E-state index is -0.116. The van der Waals surface area contributed by atoms with E-state index in [9.17, 15) is 4.79 Å². The second-order valence-electron chi connectivity index (χ2n) is 4.00. The molecule has 0 saturated heterocycles. The SMILES string of the molecule is O=C(NCCc1nccs1)c1ccc2c(c1)OCO2. The highest BCUT2D eigenvalue weighted by molar-refractivity contribution is 7.09. The Morgan fingerprint density at radius 3 is 3.11 bits per heavy atom. The first-order valence-corrected chi connectivity index (χ1v) is 6.77. The Bertz CT molecular complexity index is 584. The van der Waals surface area contributed by atoms with E-state index in [0.717, 1.165) is 11.4 Å². The lowest BCUT2D eigenvalue weighted by Crippen LogP contribution is -2.25. The van der Waals surface area contributed by atoms with Gasteiger partial charge in [0.05, 0.1) is 5.01 Å². The molecule has 0 saturated carbocycles. The third-order valence-electron chi connectivity index (χ3n) is 2.74. The number of nitrogens with zero attached hydrogens (tertiary/aromatic N) is 1. The van der Waals surface area contributed by atoms with Crippen LogP contribution in [0.15, 0.2) is 29.8 Å². The van der Waals surface area contributed by atoms with E-state index < -0.39 is 0 Å². The van der Waals surface area contributed by atoms with Crippen molar-refractivity contribution in [1.82, 2.24) is 10.3 Å². The van der Waals surface area contributed by atoms with E-state index in [-0.39, 0.29) is 12.7 Å². The van der Waals surface area contributed by atoms with Gasteiger partial charge in [0, 0.05) is 30.1 Å². The number of rotatable bonds is 4. The van der Waals surface area contributed by atoms with Crippen LogP contribution in [0.3, 0.4) is 0 Å². The van der Waals surface area contributed by atoms with Gasteiger partial charge in [-0.15, -0.1) is 11.3 Å². The van der Waals surface area contributed by atoms with Crippen molar-refractivity contribution in [1.29, 1.82) is 0 Å². The van der Waals surface area contributed by atoms with Gasteiger partial charge in [0.1, 0.15) is 0 Å². The van der Waals surface area contributed by atoms with Crippen LogP contribution in [0.25, 0.3) is 0 Å². The molecular formula is C13H12N2O3S. The van der Waals surface area contributed by atoms with Crippen LogP contribution in [-0.4, -0.2) is 24.2 Å². The van der Waals surface area contributed by atoms with Crippen LogP contribution >= 0.6 is 11.3 Å². The van der Waals surface area contributed by atoms with Crippen molar-refractivity contribution < 1.29 is 14.3 Å². The quantitative estimate of drug-likeness (QED) is 0.925. The Morgan fingerprint density at radius 1 is 1.37 bits per heavy atom. The van der Waals surface area contributed by atoms with Gasteiger partial charge in [-0.25, -0.2) is 4.98 Å². The molecule has 6 heteroatoms. The fourth-order valence-corrected chi connectivity index (χ4v) is 2.42. The van der Waals surface area contributed by atoms with Gasteiger partial charge in [0.15, 0.2) is 11.5 Å². The first-order chi connectivity index (χ1) is 9.33. The third kappa shape index (κ3) is 2.68. The van der Waals surface area contributed by atoms with Crippen molar-refractivity contribution in [2.45, 2.75) is 6.42 Å². The minimum absolute atomic E-state index is 0.116. The van der Waals surface area contributed by atoms with Crippen LogP contribution in [0, 0.1) is 0 Å². The maximum Gasteiger partial charge on any atom is 0.251 e. The van der Waals surface area contributed by atoms with Gasteiger partial charge in [-0.3, -0.25) is 4.79 Å². The number of hydrogen-bond donors (Lipinski definition) is 1. The molecule has 0 spiro atoms. The van der Waals surface area contributed by atoms with Gasteiger partial charge in [-0.2, -0.15) is 0 Å². The molecule has 98 valence electrons. The number of benzene rings is 1. The molecule has 1 amide bonds. The molecule has 0 radical (unpaired) electrons. The Hall–Kier alpha value is -2.08. The summed E-state index contributed by atoms with van der Waals surface area (Å²) in [4.78, 5) is 16.1. The molecule has 0 unspecified atom stereocenters. The lowest BCUT2D eigenvalue weighted by Gasteiger charge is -2.04.